The monoisotopic (exact) mass is 268 g/mol. The lowest BCUT2D eigenvalue weighted by atomic mass is 10.1. The standard InChI is InChI=1S/C12H10F2N2O3/c1-2-19-11(17)10-9(15-12(18)16-10)7-5-6(13)3-4-8(7)14/h3-5H,2H2,1H3,(H2,15,16,18). The minimum atomic E-state index is -0.820. The fourth-order valence-corrected chi connectivity index (χ4v) is 1.63. The van der Waals surface area contributed by atoms with Crippen LogP contribution in [0.3, 0.4) is 0 Å². The number of aromatic nitrogens is 2. The number of hydrogen-bond acceptors (Lipinski definition) is 3. The Balaban J connectivity index is 2.59. The lowest BCUT2D eigenvalue weighted by molar-refractivity contribution is 0.0521. The lowest BCUT2D eigenvalue weighted by Gasteiger charge is -2.04. The molecular weight excluding hydrogens is 258 g/mol. The van der Waals surface area contributed by atoms with Crippen molar-refractivity contribution in [1.29, 1.82) is 0 Å². The number of H-pyrrole nitrogens is 2. The summed E-state index contributed by atoms with van der Waals surface area (Å²) in [6, 6.07) is 2.73. The van der Waals surface area contributed by atoms with Crippen molar-refractivity contribution in [1.82, 2.24) is 9.97 Å². The Hall–Kier alpha value is -2.44. The maximum atomic E-state index is 13.6. The molecule has 0 radical (unpaired) electrons. The number of nitrogens with one attached hydrogen (secondary N) is 2. The first kappa shape index (κ1) is 13.0. The highest BCUT2D eigenvalue weighted by Gasteiger charge is 2.20. The molecule has 0 atom stereocenters. The first-order chi connectivity index (χ1) is 9.02. The van der Waals surface area contributed by atoms with Gasteiger partial charge in [-0.3, -0.25) is 4.98 Å². The summed E-state index contributed by atoms with van der Waals surface area (Å²) in [5.74, 6) is -2.27. The predicted molar refractivity (Wildman–Crippen MR) is 62.7 cm³/mol. The van der Waals surface area contributed by atoms with Gasteiger partial charge in [0.25, 0.3) is 0 Å². The number of hydrogen-bond donors (Lipinski definition) is 2. The highest BCUT2D eigenvalue weighted by atomic mass is 19.1. The van der Waals surface area contributed by atoms with Crippen molar-refractivity contribution in [2.45, 2.75) is 6.92 Å². The number of halogens is 2. The largest absolute Gasteiger partial charge is 0.461 e. The quantitative estimate of drug-likeness (QED) is 0.834. The Morgan fingerprint density at radius 2 is 2.05 bits per heavy atom. The van der Waals surface area contributed by atoms with Gasteiger partial charge in [-0.15, -0.1) is 0 Å². The van der Waals surface area contributed by atoms with Gasteiger partial charge >= 0.3 is 11.7 Å². The van der Waals surface area contributed by atoms with E-state index in [9.17, 15) is 18.4 Å². The van der Waals surface area contributed by atoms with E-state index in [4.69, 9.17) is 4.74 Å². The number of esters is 1. The van der Waals surface area contributed by atoms with Crippen LogP contribution in [0.15, 0.2) is 23.0 Å². The first-order valence-electron chi connectivity index (χ1n) is 5.47. The normalized spacial score (nSPS) is 10.5. The molecule has 7 heteroatoms. The van der Waals surface area contributed by atoms with Gasteiger partial charge < -0.3 is 9.72 Å². The van der Waals surface area contributed by atoms with Crippen LogP contribution in [-0.2, 0) is 4.74 Å². The number of carbonyl (C=O) groups is 1. The molecule has 0 aliphatic heterocycles. The van der Waals surface area contributed by atoms with E-state index in [1.54, 1.807) is 6.92 Å². The molecule has 0 fully saturated rings. The number of carbonyl (C=O) groups excluding carboxylic acids is 1. The molecule has 0 unspecified atom stereocenters. The van der Waals surface area contributed by atoms with Crippen LogP contribution >= 0.6 is 0 Å². The van der Waals surface area contributed by atoms with Crippen LogP contribution in [0.4, 0.5) is 8.78 Å². The SMILES string of the molecule is CCOC(=O)c1[nH]c(=O)[nH]c1-c1cc(F)ccc1F. The number of imidazole rings is 1. The van der Waals surface area contributed by atoms with E-state index in [0.717, 1.165) is 18.2 Å². The van der Waals surface area contributed by atoms with Gasteiger partial charge in [-0.25, -0.2) is 18.4 Å². The van der Waals surface area contributed by atoms with Gasteiger partial charge in [-0.1, -0.05) is 0 Å². The Morgan fingerprint density at radius 3 is 2.74 bits per heavy atom. The highest BCUT2D eigenvalue weighted by Crippen LogP contribution is 2.24. The average Bonchev–Trinajstić information content (AvgIpc) is 2.75. The Morgan fingerprint density at radius 1 is 1.32 bits per heavy atom. The van der Waals surface area contributed by atoms with Crippen LogP contribution in [0.2, 0.25) is 0 Å². The molecule has 19 heavy (non-hydrogen) atoms. The Labute approximate surface area is 106 Å². The van der Waals surface area contributed by atoms with Crippen molar-refractivity contribution in [3.8, 4) is 11.3 Å². The summed E-state index contributed by atoms with van der Waals surface area (Å²) >= 11 is 0. The maximum absolute atomic E-state index is 13.6. The summed E-state index contributed by atoms with van der Waals surface area (Å²) in [4.78, 5) is 27.3. The third-order valence-electron chi connectivity index (χ3n) is 2.40. The average molecular weight is 268 g/mol. The molecular formula is C12H10F2N2O3. The van der Waals surface area contributed by atoms with Crippen molar-refractivity contribution in [3.05, 3.63) is 46.0 Å². The van der Waals surface area contributed by atoms with Gasteiger partial charge in [0, 0.05) is 5.56 Å². The van der Waals surface area contributed by atoms with E-state index in [2.05, 4.69) is 9.97 Å². The zero-order chi connectivity index (χ0) is 14.0. The van der Waals surface area contributed by atoms with Crippen molar-refractivity contribution in [3.63, 3.8) is 0 Å². The van der Waals surface area contributed by atoms with Gasteiger partial charge in [0.1, 0.15) is 11.6 Å². The van der Waals surface area contributed by atoms with Gasteiger partial charge in [0.05, 0.1) is 12.3 Å². The summed E-state index contributed by atoms with van der Waals surface area (Å²) in [5, 5.41) is 0. The van der Waals surface area contributed by atoms with Crippen LogP contribution in [-0.4, -0.2) is 22.5 Å². The second kappa shape index (κ2) is 5.05. The minimum Gasteiger partial charge on any atom is -0.461 e. The fourth-order valence-electron chi connectivity index (χ4n) is 1.63. The van der Waals surface area contributed by atoms with Crippen molar-refractivity contribution < 1.29 is 18.3 Å². The Bertz CT molecular complexity index is 676. The van der Waals surface area contributed by atoms with Gasteiger partial charge in [0.15, 0.2) is 5.69 Å². The van der Waals surface area contributed by atoms with Crippen LogP contribution in [0.25, 0.3) is 11.3 Å². The summed E-state index contributed by atoms with van der Waals surface area (Å²) < 4.78 is 31.5. The van der Waals surface area contributed by atoms with Crippen LogP contribution in [0.5, 0.6) is 0 Å². The molecule has 2 aromatic rings. The van der Waals surface area contributed by atoms with Gasteiger partial charge in [-0.2, -0.15) is 0 Å². The molecule has 0 aliphatic rings. The summed E-state index contributed by atoms with van der Waals surface area (Å²) in [6.07, 6.45) is 0. The zero-order valence-corrected chi connectivity index (χ0v) is 9.92. The molecule has 0 saturated heterocycles. The first-order valence-corrected chi connectivity index (χ1v) is 5.47. The molecule has 2 rings (SSSR count). The lowest BCUT2D eigenvalue weighted by Crippen LogP contribution is -2.08. The molecule has 100 valence electrons. The molecule has 0 spiro atoms. The maximum Gasteiger partial charge on any atom is 0.357 e. The molecule has 1 aromatic carbocycles. The number of aromatic amines is 2. The predicted octanol–water partition coefficient (Wildman–Crippen LogP) is 1.82. The van der Waals surface area contributed by atoms with E-state index in [0.29, 0.717) is 0 Å². The molecule has 0 aliphatic carbocycles. The Kier molecular flexibility index (Phi) is 3.46. The van der Waals surface area contributed by atoms with E-state index in [-0.39, 0.29) is 23.6 Å². The summed E-state index contributed by atoms with van der Waals surface area (Å²) in [6.45, 7) is 1.68. The molecule has 0 saturated carbocycles. The van der Waals surface area contributed by atoms with E-state index in [1.165, 1.54) is 0 Å². The number of rotatable bonds is 3. The van der Waals surface area contributed by atoms with E-state index < -0.39 is 23.3 Å². The second-order valence-electron chi connectivity index (χ2n) is 3.67. The van der Waals surface area contributed by atoms with Crippen molar-refractivity contribution in [2.24, 2.45) is 0 Å². The molecule has 0 bridgehead atoms. The van der Waals surface area contributed by atoms with Crippen molar-refractivity contribution in [2.75, 3.05) is 6.61 Å². The molecule has 1 heterocycles. The second-order valence-corrected chi connectivity index (χ2v) is 3.67. The van der Waals surface area contributed by atoms with E-state index >= 15 is 0 Å². The van der Waals surface area contributed by atoms with Crippen LogP contribution in [0, 0.1) is 11.6 Å². The highest BCUT2D eigenvalue weighted by molar-refractivity contribution is 5.94. The van der Waals surface area contributed by atoms with Crippen LogP contribution in [0.1, 0.15) is 17.4 Å². The summed E-state index contributed by atoms with van der Waals surface area (Å²) in [7, 11) is 0. The molecule has 1 aromatic heterocycles. The minimum absolute atomic E-state index is 0.0944. The van der Waals surface area contributed by atoms with E-state index in [1.807, 2.05) is 0 Å². The fraction of sp³-hybridized carbons (Fsp3) is 0.167. The van der Waals surface area contributed by atoms with Crippen molar-refractivity contribution >= 4 is 5.97 Å². The molecule has 2 N–H and O–H groups in total. The summed E-state index contributed by atoms with van der Waals surface area (Å²) in [5.41, 5.74) is -1.31. The van der Waals surface area contributed by atoms with Gasteiger partial charge in [0.2, 0.25) is 0 Å². The zero-order valence-electron chi connectivity index (χ0n) is 9.92. The van der Waals surface area contributed by atoms with Crippen LogP contribution < -0.4 is 5.69 Å². The third-order valence-corrected chi connectivity index (χ3v) is 2.40. The van der Waals surface area contributed by atoms with Gasteiger partial charge in [-0.05, 0) is 25.1 Å². The number of ether oxygens (including phenoxy) is 1. The third kappa shape index (κ3) is 2.54. The molecule has 5 nitrogen and oxygen atoms in total. The topological polar surface area (TPSA) is 75.0 Å². The number of benzene rings is 1. The smallest absolute Gasteiger partial charge is 0.357 e. The molecule has 0 amide bonds.